The summed E-state index contributed by atoms with van der Waals surface area (Å²) in [6.45, 7) is 1.81. The van der Waals surface area contributed by atoms with Crippen LogP contribution in [-0.2, 0) is 4.79 Å². The molecule has 0 bridgehead atoms. The maximum Gasteiger partial charge on any atom is 0.239 e. The Balaban J connectivity index is 2.17. The second-order valence-electron chi connectivity index (χ2n) is 3.33. The second-order valence-corrected chi connectivity index (χ2v) is 3.33. The van der Waals surface area contributed by atoms with Crippen molar-refractivity contribution in [3.8, 4) is 5.75 Å². The number of aromatic nitrogens is 1. The van der Waals surface area contributed by atoms with E-state index in [2.05, 4.69) is 10.3 Å². The first-order valence-electron chi connectivity index (χ1n) is 4.81. The number of ether oxygens (including phenoxy) is 1. The highest BCUT2D eigenvalue weighted by molar-refractivity contribution is 5.82. The first-order chi connectivity index (χ1) is 7.29. The van der Waals surface area contributed by atoms with Crippen molar-refractivity contribution in [2.75, 3.05) is 31.6 Å². The van der Waals surface area contributed by atoms with Gasteiger partial charge >= 0.3 is 0 Å². The lowest BCUT2D eigenvalue weighted by molar-refractivity contribution is -0.120. The minimum absolute atomic E-state index is 0.0332. The Hall–Kier alpha value is -1.78. The van der Waals surface area contributed by atoms with E-state index < -0.39 is 0 Å². The Morgan fingerprint density at radius 1 is 1.60 bits per heavy atom. The number of anilines is 1. The molecule has 1 aromatic heterocycles. The molecule has 1 aliphatic rings. The molecule has 0 spiro atoms. The van der Waals surface area contributed by atoms with Crippen LogP contribution in [0.2, 0.25) is 0 Å². The summed E-state index contributed by atoms with van der Waals surface area (Å²) in [6.07, 6.45) is 1.68. The van der Waals surface area contributed by atoms with Gasteiger partial charge in [0.15, 0.2) is 0 Å². The van der Waals surface area contributed by atoms with E-state index in [1.165, 1.54) is 0 Å². The average Bonchev–Trinajstić information content (AvgIpc) is 2.29. The molecule has 15 heavy (non-hydrogen) atoms. The van der Waals surface area contributed by atoms with E-state index >= 15 is 0 Å². The highest BCUT2D eigenvalue weighted by atomic mass is 16.5. The van der Waals surface area contributed by atoms with Gasteiger partial charge < -0.3 is 15.0 Å². The number of rotatable bonds is 2. The average molecular weight is 207 g/mol. The van der Waals surface area contributed by atoms with Gasteiger partial charge in [-0.05, 0) is 6.07 Å². The van der Waals surface area contributed by atoms with Crippen molar-refractivity contribution < 1.29 is 9.53 Å². The minimum atomic E-state index is 0.0332. The van der Waals surface area contributed by atoms with Crippen molar-refractivity contribution >= 4 is 11.7 Å². The van der Waals surface area contributed by atoms with Gasteiger partial charge in [-0.1, -0.05) is 0 Å². The van der Waals surface area contributed by atoms with E-state index in [0.29, 0.717) is 13.1 Å². The third-order valence-corrected chi connectivity index (χ3v) is 2.32. The van der Waals surface area contributed by atoms with Gasteiger partial charge in [0, 0.05) is 25.4 Å². The normalized spacial score (nSPS) is 16.1. The fourth-order valence-corrected chi connectivity index (χ4v) is 1.53. The fourth-order valence-electron chi connectivity index (χ4n) is 1.53. The Morgan fingerprint density at radius 2 is 2.47 bits per heavy atom. The summed E-state index contributed by atoms with van der Waals surface area (Å²) in [5, 5.41) is 2.77. The van der Waals surface area contributed by atoms with Crippen molar-refractivity contribution in [3.63, 3.8) is 0 Å². The third-order valence-electron chi connectivity index (χ3n) is 2.32. The highest BCUT2D eigenvalue weighted by Crippen LogP contribution is 2.17. The van der Waals surface area contributed by atoms with Crippen LogP contribution in [0.1, 0.15) is 0 Å². The smallest absolute Gasteiger partial charge is 0.239 e. The molecule has 0 unspecified atom stereocenters. The van der Waals surface area contributed by atoms with E-state index in [1.807, 2.05) is 11.0 Å². The van der Waals surface area contributed by atoms with Gasteiger partial charge in [-0.3, -0.25) is 4.79 Å². The highest BCUT2D eigenvalue weighted by Gasteiger charge is 2.17. The standard InChI is InChI=1S/C10H13N3O2/c1-15-8-2-3-11-9(6-8)13-5-4-12-10(14)7-13/h2-3,6H,4-5,7H2,1H3,(H,12,14). The molecule has 80 valence electrons. The summed E-state index contributed by atoms with van der Waals surface area (Å²) in [4.78, 5) is 17.3. The van der Waals surface area contributed by atoms with Crippen LogP contribution in [0, 0.1) is 0 Å². The van der Waals surface area contributed by atoms with Gasteiger partial charge in [0.25, 0.3) is 0 Å². The van der Waals surface area contributed by atoms with Crippen LogP contribution in [0.4, 0.5) is 5.82 Å². The zero-order valence-corrected chi connectivity index (χ0v) is 8.56. The van der Waals surface area contributed by atoms with Crippen LogP contribution in [-0.4, -0.2) is 37.6 Å². The van der Waals surface area contributed by atoms with Crippen LogP contribution >= 0.6 is 0 Å². The summed E-state index contributed by atoms with van der Waals surface area (Å²) in [6, 6.07) is 3.62. The molecule has 0 atom stereocenters. The zero-order chi connectivity index (χ0) is 10.7. The number of amides is 1. The van der Waals surface area contributed by atoms with Crippen molar-refractivity contribution in [2.24, 2.45) is 0 Å². The minimum Gasteiger partial charge on any atom is -0.497 e. The Morgan fingerprint density at radius 3 is 3.20 bits per heavy atom. The number of nitrogens with zero attached hydrogens (tertiary/aromatic N) is 2. The van der Waals surface area contributed by atoms with Crippen molar-refractivity contribution in [1.29, 1.82) is 0 Å². The molecule has 1 N–H and O–H groups in total. The molecule has 0 aromatic carbocycles. The predicted octanol–water partition coefficient (Wildman–Crippen LogP) is 0.0264. The van der Waals surface area contributed by atoms with Crippen LogP contribution in [0.3, 0.4) is 0 Å². The zero-order valence-electron chi connectivity index (χ0n) is 8.56. The molecule has 5 nitrogen and oxygen atoms in total. The number of pyridine rings is 1. The third kappa shape index (κ3) is 2.18. The summed E-state index contributed by atoms with van der Waals surface area (Å²) < 4.78 is 5.11. The topological polar surface area (TPSA) is 54.5 Å². The van der Waals surface area contributed by atoms with Crippen LogP contribution in [0.5, 0.6) is 5.75 Å². The number of methoxy groups -OCH3 is 1. The Bertz CT molecular complexity index is 367. The lowest BCUT2D eigenvalue weighted by Gasteiger charge is -2.27. The van der Waals surface area contributed by atoms with Crippen LogP contribution in [0.15, 0.2) is 18.3 Å². The quantitative estimate of drug-likeness (QED) is 0.743. The molecule has 1 saturated heterocycles. The Kier molecular flexibility index (Phi) is 2.71. The van der Waals surface area contributed by atoms with E-state index in [-0.39, 0.29) is 5.91 Å². The number of carbonyl (C=O) groups excluding carboxylic acids is 1. The lowest BCUT2D eigenvalue weighted by Crippen LogP contribution is -2.48. The van der Waals surface area contributed by atoms with Crippen molar-refractivity contribution in [3.05, 3.63) is 18.3 Å². The number of piperazine rings is 1. The van der Waals surface area contributed by atoms with Gasteiger partial charge in [-0.25, -0.2) is 4.98 Å². The maximum absolute atomic E-state index is 11.2. The van der Waals surface area contributed by atoms with Gasteiger partial charge in [-0.15, -0.1) is 0 Å². The van der Waals surface area contributed by atoms with Gasteiger partial charge in [-0.2, -0.15) is 0 Å². The molecule has 0 saturated carbocycles. The fraction of sp³-hybridized carbons (Fsp3) is 0.400. The maximum atomic E-state index is 11.2. The van der Waals surface area contributed by atoms with E-state index in [0.717, 1.165) is 18.1 Å². The predicted molar refractivity (Wildman–Crippen MR) is 56.0 cm³/mol. The first kappa shape index (κ1) is 9.76. The molecular formula is C10H13N3O2. The van der Waals surface area contributed by atoms with Crippen LogP contribution in [0.25, 0.3) is 0 Å². The number of carbonyl (C=O) groups is 1. The summed E-state index contributed by atoms with van der Waals surface area (Å²) in [7, 11) is 1.61. The molecule has 1 amide bonds. The SMILES string of the molecule is COc1ccnc(N2CCNC(=O)C2)c1. The van der Waals surface area contributed by atoms with Crippen molar-refractivity contribution in [2.45, 2.75) is 0 Å². The van der Waals surface area contributed by atoms with Gasteiger partial charge in [0.2, 0.25) is 5.91 Å². The molecule has 1 fully saturated rings. The summed E-state index contributed by atoms with van der Waals surface area (Å²) in [5.74, 6) is 1.57. The van der Waals surface area contributed by atoms with E-state index in [4.69, 9.17) is 4.74 Å². The number of nitrogens with one attached hydrogen (secondary N) is 1. The lowest BCUT2D eigenvalue weighted by atomic mass is 10.3. The molecule has 2 heterocycles. The van der Waals surface area contributed by atoms with Crippen molar-refractivity contribution in [1.82, 2.24) is 10.3 Å². The Labute approximate surface area is 88.1 Å². The molecule has 5 heteroatoms. The number of hydrogen-bond donors (Lipinski definition) is 1. The van der Waals surface area contributed by atoms with Crippen LogP contribution < -0.4 is 15.0 Å². The largest absolute Gasteiger partial charge is 0.497 e. The summed E-state index contributed by atoms with van der Waals surface area (Å²) >= 11 is 0. The number of hydrogen-bond acceptors (Lipinski definition) is 4. The molecular weight excluding hydrogens is 194 g/mol. The summed E-state index contributed by atoms with van der Waals surface area (Å²) in [5.41, 5.74) is 0. The molecule has 0 radical (unpaired) electrons. The van der Waals surface area contributed by atoms with Gasteiger partial charge in [0.05, 0.1) is 13.7 Å². The van der Waals surface area contributed by atoms with E-state index in [9.17, 15) is 4.79 Å². The molecule has 1 aromatic rings. The molecule has 1 aliphatic heterocycles. The monoisotopic (exact) mass is 207 g/mol. The molecule has 0 aliphatic carbocycles. The van der Waals surface area contributed by atoms with Gasteiger partial charge in [0.1, 0.15) is 11.6 Å². The molecule has 2 rings (SSSR count). The second kappa shape index (κ2) is 4.16. The van der Waals surface area contributed by atoms with E-state index in [1.54, 1.807) is 19.4 Å². The first-order valence-corrected chi connectivity index (χ1v) is 4.81.